The number of ether oxygens (including phenoxy) is 2. The highest BCUT2D eigenvalue weighted by Crippen LogP contribution is 2.29. The van der Waals surface area contributed by atoms with Gasteiger partial charge >= 0.3 is 0 Å². The Morgan fingerprint density at radius 3 is 2.52 bits per heavy atom. The molecule has 5 nitrogen and oxygen atoms in total. The maximum Gasteiger partial charge on any atom is 0.127 e. The summed E-state index contributed by atoms with van der Waals surface area (Å²) in [4.78, 5) is 14.2. The quantitative estimate of drug-likeness (QED) is 0.373. The molecule has 1 N–H and O–H groups in total. The molecule has 0 aliphatic rings. The Hall–Kier alpha value is -3.80. The van der Waals surface area contributed by atoms with Crippen LogP contribution in [0.4, 0.5) is 4.39 Å². The number of H-pyrrole nitrogens is 1. The molecule has 3 aromatic carbocycles. The third-order valence-corrected chi connectivity index (χ3v) is 5.32. The number of halogens is 1. The molecular weight excluding hydrogens is 421 g/mol. The number of nitrogens with one attached hydrogen (secondary N) is 1. The number of carboxylic acids is 1. The van der Waals surface area contributed by atoms with Crippen molar-refractivity contribution >= 4 is 16.9 Å². The van der Waals surface area contributed by atoms with E-state index in [1.54, 1.807) is 18.2 Å². The van der Waals surface area contributed by atoms with E-state index in [0.717, 1.165) is 46.3 Å². The Morgan fingerprint density at radius 2 is 1.76 bits per heavy atom. The van der Waals surface area contributed by atoms with Crippen molar-refractivity contribution in [3.63, 3.8) is 0 Å². The third kappa shape index (κ3) is 5.92. The highest BCUT2D eigenvalue weighted by atomic mass is 19.1. The van der Waals surface area contributed by atoms with E-state index in [9.17, 15) is 14.3 Å². The minimum atomic E-state index is -1.09. The number of aromatic nitrogens is 1. The fourth-order valence-electron chi connectivity index (χ4n) is 3.79. The highest BCUT2D eigenvalue weighted by Gasteiger charge is 2.08. The molecule has 33 heavy (non-hydrogen) atoms. The van der Waals surface area contributed by atoms with Crippen molar-refractivity contribution in [2.75, 3.05) is 6.61 Å². The van der Waals surface area contributed by atoms with Crippen LogP contribution in [0.5, 0.6) is 17.2 Å². The van der Waals surface area contributed by atoms with Crippen molar-refractivity contribution in [2.24, 2.45) is 0 Å². The van der Waals surface area contributed by atoms with Crippen LogP contribution >= 0.6 is 0 Å². The smallest absolute Gasteiger partial charge is 0.127 e. The van der Waals surface area contributed by atoms with Crippen molar-refractivity contribution in [1.29, 1.82) is 0 Å². The first-order valence-electron chi connectivity index (χ1n) is 11.0. The van der Waals surface area contributed by atoms with Gasteiger partial charge in [-0.15, -0.1) is 0 Å². The Labute approximate surface area is 191 Å². The number of fused-ring (bicyclic) bond motifs is 1. The van der Waals surface area contributed by atoms with Gasteiger partial charge in [0.25, 0.3) is 0 Å². The van der Waals surface area contributed by atoms with Crippen LogP contribution in [0, 0.1) is 5.82 Å². The molecule has 4 aromatic rings. The lowest BCUT2D eigenvalue weighted by Gasteiger charge is -2.13. The van der Waals surface area contributed by atoms with Crippen molar-refractivity contribution in [3.8, 4) is 17.2 Å². The fourth-order valence-corrected chi connectivity index (χ4v) is 3.79. The molecule has 0 atom stereocenters. The normalized spacial score (nSPS) is 11.0. The highest BCUT2D eigenvalue weighted by molar-refractivity contribution is 5.82. The van der Waals surface area contributed by atoms with Gasteiger partial charge in [-0.3, -0.25) is 0 Å². The summed E-state index contributed by atoms with van der Waals surface area (Å²) in [5, 5.41) is 11.8. The van der Waals surface area contributed by atoms with Gasteiger partial charge in [0.05, 0.1) is 6.61 Å². The summed E-state index contributed by atoms with van der Waals surface area (Å²) in [5.41, 5.74) is 3.75. The van der Waals surface area contributed by atoms with Gasteiger partial charge in [-0.1, -0.05) is 19.4 Å². The number of aromatic amines is 1. The van der Waals surface area contributed by atoms with E-state index in [2.05, 4.69) is 11.9 Å². The summed E-state index contributed by atoms with van der Waals surface area (Å²) in [7, 11) is 0. The predicted molar refractivity (Wildman–Crippen MR) is 123 cm³/mol. The molecule has 0 spiro atoms. The van der Waals surface area contributed by atoms with E-state index < -0.39 is 5.97 Å². The van der Waals surface area contributed by atoms with Gasteiger partial charge in [0.1, 0.15) is 23.1 Å². The molecule has 0 saturated heterocycles. The zero-order valence-electron chi connectivity index (χ0n) is 18.4. The molecule has 0 radical (unpaired) electrons. The zero-order chi connectivity index (χ0) is 23.2. The number of hydrogen-bond acceptors (Lipinski definition) is 4. The van der Waals surface area contributed by atoms with Gasteiger partial charge in [-0.2, -0.15) is 0 Å². The standard InChI is InChI=1S/C27H26FNO4/c1-2-3-19-17-24(33-23-7-5-21(28)6-8-23)9-11-26(19)32-13-12-22-16-20-14-18(15-27(30)31)4-10-25(20)29-22/h4-11,14,16-17,29H,2-3,12-13,15H2,1H3,(H,30,31)/p-1. The average molecular weight is 446 g/mol. The van der Waals surface area contributed by atoms with Gasteiger partial charge in [-0.25, -0.2) is 4.39 Å². The van der Waals surface area contributed by atoms with E-state index in [0.29, 0.717) is 24.5 Å². The first kappa shape index (κ1) is 22.4. The Kier molecular flexibility index (Phi) is 6.93. The lowest BCUT2D eigenvalue weighted by molar-refractivity contribution is -0.304. The van der Waals surface area contributed by atoms with Crippen molar-refractivity contribution < 1.29 is 23.8 Å². The summed E-state index contributed by atoms with van der Waals surface area (Å²) in [6.07, 6.45) is 2.40. The van der Waals surface area contributed by atoms with E-state index in [-0.39, 0.29) is 12.2 Å². The SMILES string of the molecule is CCCc1cc(Oc2ccc(F)cc2)ccc1OCCc1cc2cc(CC(=O)[O-])ccc2[nH]1. The van der Waals surface area contributed by atoms with Gasteiger partial charge in [0.15, 0.2) is 0 Å². The van der Waals surface area contributed by atoms with Crippen LogP contribution in [-0.4, -0.2) is 17.6 Å². The topological polar surface area (TPSA) is 74.4 Å². The van der Waals surface area contributed by atoms with Crippen LogP contribution in [0.3, 0.4) is 0 Å². The summed E-state index contributed by atoms with van der Waals surface area (Å²) in [6.45, 7) is 2.60. The number of benzene rings is 3. The van der Waals surface area contributed by atoms with E-state index >= 15 is 0 Å². The van der Waals surface area contributed by atoms with Crippen molar-refractivity contribution in [2.45, 2.75) is 32.6 Å². The van der Waals surface area contributed by atoms with Crippen molar-refractivity contribution in [3.05, 3.63) is 89.4 Å². The summed E-state index contributed by atoms with van der Waals surface area (Å²) in [6, 6.07) is 19.2. The van der Waals surface area contributed by atoms with E-state index in [1.807, 2.05) is 36.4 Å². The van der Waals surface area contributed by atoms with Gasteiger partial charge in [-0.05, 0) is 83.6 Å². The van der Waals surface area contributed by atoms with Gasteiger partial charge in [0, 0.05) is 30.0 Å². The summed E-state index contributed by atoms with van der Waals surface area (Å²) in [5.74, 6) is 0.686. The average Bonchev–Trinajstić information content (AvgIpc) is 3.18. The second kappa shape index (κ2) is 10.2. The van der Waals surface area contributed by atoms with Crippen molar-refractivity contribution in [1.82, 2.24) is 4.98 Å². The molecule has 0 bridgehead atoms. The minimum Gasteiger partial charge on any atom is -0.550 e. The fraction of sp³-hybridized carbons (Fsp3) is 0.222. The molecule has 0 unspecified atom stereocenters. The predicted octanol–water partition coefficient (Wildman–Crippen LogP) is 4.97. The largest absolute Gasteiger partial charge is 0.550 e. The molecular formula is C27H25FNO4-. The van der Waals surface area contributed by atoms with E-state index in [1.165, 1.54) is 12.1 Å². The lowest BCUT2D eigenvalue weighted by atomic mass is 10.1. The monoisotopic (exact) mass is 446 g/mol. The number of aryl methyl sites for hydroxylation is 1. The van der Waals surface area contributed by atoms with Crippen LogP contribution in [0.2, 0.25) is 0 Å². The molecule has 4 rings (SSSR count). The maximum atomic E-state index is 13.1. The Morgan fingerprint density at radius 1 is 0.970 bits per heavy atom. The maximum absolute atomic E-state index is 13.1. The number of carboxylic acid groups (broad SMARTS) is 1. The molecule has 0 fully saturated rings. The zero-order valence-corrected chi connectivity index (χ0v) is 18.4. The molecule has 170 valence electrons. The Bertz CT molecular complexity index is 1250. The third-order valence-electron chi connectivity index (χ3n) is 5.32. The molecule has 6 heteroatoms. The summed E-state index contributed by atoms with van der Waals surface area (Å²) >= 11 is 0. The second-order valence-electron chi connectivity index (χ2n) is 7.94. The number of aliphatic carboxylic acids is 1. The number of hydrogen-bond donors (Lipinski definition) is 1. The van der Waals surface area contributed by atoms with Gasteiger partial charge < -0.3 is 24.4 Å². The molecule has 0 aliphatic heterocycles. The lowest BCUT2D eigenvalue weighted by Crippen LogP contribution is -2.24. The number of carbonyl (C=O) groups excluding carboxylic acids is 1. The van der Waals surface area contributed by atoms with Crippen LogP contribution in [0.15, 0.2) is 66.7 Å². The van der Waals surface area contributed by atoms with Crippen LogP contribution in [-0.2, 0) is 24.1 Å². The first-order valence-corrected chi connectivity index (χ1v) is 11.0. The number of rotatable bonds is 10. The first-order chi connectivity index (χ1) is 16.0. The molecule has 0 aliphatic carbocycles. The molecule has 0 saturated carbocycles. The summed E-state index contributed by atoms with van der Waals surface area (Å²) < 4.78 is 25.0. The van der Waals surface area contributed by atoms with Crippen LogP contribution in [0.1, 0.15) is 30.2 Å². The second-order valence-corrected chi connectivity index (χ2v) is 7.94. The molecule has 0 amide bonds. The molecule has 1 aromatic heterocycles. The number of carbonyl (C=O) groups is 1. The minimum absolute atomic E-state index is 0.0966. The van der Waals surface area contributed by atoms with E-state index in [4.69, 9.17) is 9.47 Å². The Balaban J connectivity index is 1.40. The van der Waals surface area contributed by atoms with Gasteiger partial charge in [0.2, 0.25) is 0 Å². The molecule has 1 heterocycles. The van der Waals surface area contributed by atoms with Crippen LogP contribution in [0.25, 0.3) is 10.9 Å². The van der Waals surface area contributed by atoms with Crippen LogP contribution < -0.4 is 14.6 Å².